The normalized spacial score (nSPS) is 12.3. The number of para-hydroxylation sites is 2. The van der Waals surface area contributed by atoms with Gasteiger partial charge in [0.25, 0.3) is 17.5 Å². The van der Waals surface area contributed by atoms with E-state index >= 15 is 0 Å². The Hall–Kier alpha value is -3.91. The van der Waals surface area contributed by atoms with E-state index in [-0.39, 0.29) is 27.7 Å². The Morgan fingerprint density at radius 3 is 2.63 bits per heavy atom. The van der Waals surface area contributed by atoms with Crippen molar-refractivity contribution < 1.29 is 19.2 Å². The van der Waals surface area contributed by atoms with Gasteiger partial charge in [0.15, 0.2) is 5.75 Å². The van der Waals surface area contributed by atoms with Crippen LogP contribution in [0.4, 0.5) is 17.1 Å². The van der Waals surface area contributed by atoms with Crippen molar-refractivity contribution in [2.45, 2.75) is 0 Å². The third-order valence-electron chi connectivity index (χ3n) is 4.62. The maximum Gasteiger partial charge on any atom is 0.288 e. The second kappa shape index (κ2) is 7.49. The molecular formula is C21H14ClN3O5. The number of anilines is 2. The van der Waals surface area contributed by atoms with E-state index in [1.165, 1.54) is 23.1 Å². The van der Waals surface area contributed by atoms with Crippen molar-refractivity contribution >= 4 is 40.5 Å². The SMILES string of the molecule is CN1C(=O)c2cc(NC(=O)c3ccc(Cl)c([N+](=O)[O-])c3)ccc2Oc2ccccc21. The van der Waals surface area contributed by atoms with E-state index in [1.54, 1.807) is 37.4 Å². The summed E-state index contributed by atoms with van der Waals surface area (Å²) < 4.78 is 5.88. The fourth-order valence-corrected chi connectivity index (χ4v) is 3.28. The molecule has 4 rings (SSSR count). The quantitative estimate of drug-likeness (QED) is 0.477. The number of halogens is 1. The Labute approximate surface area is 175 Å². The van der Waals surface area contributed by atoms with E-state index < -0.39 is 10.8 Å². The molecule has 0 atom stereocenters. The Balaban J connectivity index is 1.64. The van der Waals surface area contributed by atoms with Gasteiger partial charge < -0.3 is 15.0 Å². The third-order valence-corrected chi connectivity index (χ3v) is 4.94. The predicted molar refractivity (Wildman–Crippen MR) is 112 cm³/mol. The van der Waals surface area contributed by atoms with Gasteiger partial charge in [-0.15, -0.1) is 0 Å². The second-order valence-corrected chi connectivity index (χ2v) is 6.93. The number of carbonyl (C=O) groups excluding carboxylic acids is 2. The second-order valence-electron chi connectivity index (χ2n) is 6.52. The minimum Gasteiger partial charge on any atom is -0.454 e. The summed E-state index contributed by atoms with van der Waals surface area (Å²) in [4.78, 5) is 37.3. The number of nitro groups is 1. The monoisotopic (exact) mass is 423 g/mol. The summed E-state index contributed by atoms with van der Waals surface area (Å²) in [6.45, 7) is 0. The number of hydrogen-bond donors (Lipinski definition) is 1. The van der Waals surface area contributed by atoms with Gasteiger partial charge in [-0.1, -0.05) is 23.7 Å². The number of hydrogen-bond acceptors (Lipinski definition) is 5. The number of rotatable bonds is 3. The Kier molecular flexibility index (Phi) is 4.85. The smallest absolute Gasteiger partial charge is 0.288 e. The van der Waals surface area contributed by atoms with E-state index in [9.17, 15) is 19.7 Å². The number of nitro benzene ring substituents is 1. The van der Waals surface area contributed by atoms with Gasteiger partial charge >= 0.3 is 0 Å². The number of nitrogens with one attached hydrogen (secondary N) is 1. The highest BCUT2D eigenvalue weighted by atomic mass is 35.5. The van der Waals surface area contributed by atoms with Crippen LogP contribution in [0.3, 0.4) is 0 Å². The molecule has 3 aromatic carbocycles. The maximum atomic E-state index is 12.9. The summed E-state index contributed by atoms with van der Waals surface area (Å²) in [5, 5.41) is 13.6. The molecule has 1 aliphatic heterocycles. The van der Waals surface area contributed by atoms with Crippen LogP contribution in [-0.2, 0) is 0 Å². The van der Waals surface area contributed by atoms with Crippen molar-refractivity contribution in [2.24, 2.45) is 0 Å². The topological polar surface area (TPSA) is 102 Å². The minimum absolute atomic E-state index is 0.0630. The van der Waals surface area contributed by atoms with Crippen LogP contribution in [0.5, 0.6) is 11.5 Å². The average Bonchev–Trinajstić information content (AvgIpc) is 2.83. The lowest BCUT2D eigenvalue weighted by Crippen LogP contribution is -2.25. The van der Waals surface area contributed by atoms with E-state index in [4.69, 9.17) is 16.3 Å². The number of benzene rings is 3. The molecule has 0 spiro atoms. The van der Waals surface area contributed by atoms with Gasteiger partial charge in [-0.25, -0.2) is 0 Å². The summed E-state index contributed by atoms with van der Waals surface area (Å²) in [7, 11) is 1.64. The van der Waals surface area contributed by atoms with Crippen molar-refractivity contribution in [3.63, 3.8) is 0 Å². The molecule has 0 saturated carbocycles. The molecule has 0 aromatic heterocycles. The molecule has 9 heteroatoms. The van der Waals surface area contributed by atoms with Crippen molar-refractivity contribution in [1.29, 1.82) is 0 Å². The zero-order valence-electron chi connectivity index (χ0n) is 15.6. The van der Waals surface area contributed by atoms with Crippen LogP contribution in [-0.4, -0.2) is 23.8 Å². The molecule has 0 fully saturated rings. The van der Waals surface area contributed by atoms with E-state index in [0.29, 0.717) is 22.9 Å². The van der Waals surface area contributed by atoms with E-state index in [1.807, 2.05) is 6.07 Å². The molecule has 2 amide bonds. The number of fused-ring (bicyclic) bond motifs is 2. The molecule has 150 valence electrons. The first-order valence-electron chi connectivity index (χ1n) is 8.79. The highest BCUT2D eigenvalue weighted by Gasteiger charge is 2.26. The van der Waals surface area contributed by atoms with Gasteiger partial charge in [0.1, 0.15) is 10.8 Å². The van der Waals surface area contributed by atoms with Crippen LogP contribution in [0.25, 0.3) is 0 Å². The van der Waals surface area contributed by atoms with Crippen LogP contribution in [0.2, 0.25) is 5.02 Å². The number of nitrogens with zero attached hydrogens (tertiary/aromatic N) is 2. The highest BCUT2D eigenvalue weighted by molar-refractivity contribution is 6.32. The molecule has 0 aliphatic carbocycles. The molecule has 1 heterocycles. The van der Waals surface area contributed by atoms with Gasteiger partial charge in [-0.3, -0.25) is 19.7 Å². The van der Waals surface area contributed by atoms with Gasteiger partial charge in [0.05, 0.1) is 16.2 Å². The Morgan fingerprint density at radius 1 is 1.10 bits per heavy atom. The molecule has 0 unspecified atom stereocenters. The van der Waals surface area contributed by atoms with Crippen LogP contribution >= 0.6 is 11.6 Å². The summed E-state index contributed by atoms with van der Waals surface area (Å²) in [5.41, 5.74) is 0.932. The fraction of sp³-hybridized carbons (Fsp3) is 0.0476. The minimum atomic E-state index is -0.662. The summed E-state index contributed by atoms with van der Waals surface area (Å²) in [6, 6.07) is 15.6. The molecule has 8 nitrogen and oxygen atoms in total. The van der Waals surface area contributed by atoms with E-state index in [0.717, 1.165) is 6.07 Å². The Morgan fingerprint density at radius 2 is 1.87 bits per heavy atom. The molecule has 0 radical (unpaired) electrons. The van der Waals surface area contributed by atoms with Crippen LogP contribution in [0, 0.1) is 10.1 Å². The van der Waals surface area contributed by atoms with Crippen LogP contribution < -0.4 is 15.0 Å². The van der Waals surface area contributed by atoms with Crippen molar-refractivity contribution in [2.75, 3.05) is 17.3 Å². The van der Waals surface area contributed by atoms with Crippen LogP contribution in [0.15, 0.2) is 60.7 Å². The first-order valence-corrected chi connectivity index (χ1v) is 9.17. The van der Waals surface area contributed by atoms with Crippen molar-refractivity contribution in [3.05, 3.63) is 86.9 Å². The zero-order chi connectivity index (χ0) is 21.4. The van der Waals surface area contributed by atoms with Gasteiger partial charge in [0.2, 0.25) is 0 Å². The summed E-state index contributed by atoms with van der Waals surface area (Å²) in [6.07, 6.45) is 0. The number of ether oxygens (including phenoxy) is 1. The number of carbonyl (C=O) groups is 2. The molecule has 0 bridgehead atoms. The molecule has 3 aromatic rings. The van der Waals surface area contributed by atoms with Crippen molar-refractivity contribution in [3.8, 4) is 11.5 Å². The fourth-order valence-electron chi connectivity index (χ4n) is 3.09. The highest BCUT2D eigenvalue weighted by Crippen LogP contribution is 2.39. The zero-order valence-corrected chi connectivity index (χ0v) is 16.3. The lowest BCUT2D eigenvalue weighted by molar-refractivity contribution is -0.384. The summed E-state index contributed by atoms with van der Waals surface area (Å²) >= 11 is 5.79. The molecule has 1 N–H and O–H groups in total. The largest absolute Gasteiger partial charge is 0.454 e. The van der Waals surface area contributed by atoms with Gasteiger partial charge in [-0.2, -0.15) is 0 Å². The molecule has 0 saturated heterocycles. The Bertz CT molecular complexity index is 1210. The standard InChI is InChI=1S/C21H14ClN3O5/c1-24-16-4-2-3-5-19(16)30-18-9-7-13(11-14(18)21(24)27)23-20(26)12-6-8-15(22)17(10-12)25(28)29/h2-11H,1H3,(H,23,26). The van der Waals surface area contributed by atoms with Gasteiger partial charge in [0, 0.05) is 24.4 Å². The first-order chi connectivity index (χ1) is 14.3. The first kappa shape index (κ1) is 19.4. The van der Waals surface area contributed by atoms with Gasteiger partial charge in [-0.05, 0) is 42.5 Å². The number of amides is 2. The average molecular weight is 424 g/mol. The summed E-state index contributed by atoms with van der Waals surface area (Å²) in [5.74, 6) is 0.0239. The lowest BCUT2D eigenvalue weighted by atomic mass is 10.1. The molecule has 30 heavy (non-hydrogen) atoms. The van der Waals surface area contributed by atoms with Crippen molar-refractivity contribution in [1.82, 2.24) is 0 Å². The molecular weight excluding hydrogens is 410 g/mol. The maximum absolute atomic E-state index is 12.9. The molecule has 1 aliphatic rings. The lowest BCUT2D eigenvalue weighted by Gasteiger charge is -2.16. The van der Waals surface area contributed by atoms with Crippen LogP contribution in [0.1, 0.15) is 20.7 Å². The predicted octanol–water partition coefficient (Wildman–Crippen LogP) is 4.88. The van der Waals surface area contributed by atoms with E-state index in [2.05, 4.69) is 5.32 Å². The third kappa shape index (κ3) is 3.44.